The number of allylic oxidation sites excluding steroid dienone is 2. The van der Waals surface area contributed by atoms with Crippen LogP contribution >= 0.6 is 0 Å². The largest absolute Gasteiger partial charge is 0.0851 e. The lowest BCUT2D eigenvalue weighted by molar-refractivity contribution is 0.127. The molecule has 2 unspecified atom stereocenters. The van der Waals surface area contributed by atoms with Gasteiger partial charge in [0.1, 0.15) is 0 Å². The van der Waals surface area contributed by atoms with E-state index in [1.54, 1.807) is 38.5 Å². The van der Waals surface area contributed by atoms with Crippen LogP contribution in [-0.2, 0) is 0 Å². The molecule has 2 fully saturated rings. The summed E-state index contributed by atoms with van der Waals surface area (Å²) < 4.78 is 0. The Morgan fingerprint density at radius 1 is 0.577 bits per heavy atom. The van der Waals surface area contributed by atoms with Crippen molar-refractivity contribution >= 4 is 0 Å². The highest BCUT2D eigenvalue weighted by Crippen LogP contribution is 2.45. The molecule has 150 valence electrons. The quantitative estimate of drug-likeness (QED) is 0.301. The molecule has 0 aromatic rings. The Labute approximate surface area is 164 Å². The summed E-state index contributed by atoms with van der Waals surface area (Å²) in [5.74, 6) is 6.11. The first-order chi connectivity index (χ1) is 12.8. The van der Waals surface area contributed by atoms with E-state index in [0.29, 0.717) is 0 Å². The van der Waals surface area contributed by atoms with Crippen LogP contribution in [0.4, 0.5) is 0 Å². The van der Waals surface area contributed by atoms with Crippen LogP contribution in [0.3, 0.4) is 0 Å². The van der Waals surface area contributed by atoms with Crippen molar-refractivity contribution in [3.05, 3.63) is 12.2 Å². The maximum Gasteiger partial charge on any atom is -0.0205 e. The van der Waals surface area contributed by atoms with Gasteiger partial charge in [-0.05, 0) is 93.3 Å². The first-order valence-corrected chi connectivity index (χ1v) is 12.5. The van der Waals surface area contributed by atoms with Gasteiger partial charge in [-0.2, -0.15) is 0 Å². The SMILES string of the molecule is CCCCCC1C=CC(C2CCC([C@H]3CC[C@H](CCC)CC3)CC2)CC1. The van der Waals surface area contributed by atoms with Crippen LogP contribution in [0, 0.1) is 35.5 Å². The van der Waals surface area contributed by atoms with Gasteiger partial charge in [-0.1, -0.05) is 70.9 Å². The summed E-state index contributed by atoms with van der Waals surface area (Å²) in [4.78, 5) is 0. The molecule has 0 bridgehead atoms. The molecule has 0 N–H and O–H groups in total. The minimum atomic E-state index is 0.910. The third kappa shape index (κ3) is 5.87. The van der Waals surface area contributed by atoms with Crippen LogP contribution in [0.2, 0.25) is 0 Å². The zero-order valence-electron chi connectivity index (χ0n) is 17.9. The molecule has 2 saturated carbocycles. The van der Waals surface area contributed by atoms with E-state index in [1.807, 2.05) is 0 Å². The molecule has 3 aliphatic carbocycles. The summed E-state index contributed by atoms with van der Waals surface area (Å²) in [6.07, 6.45) is 29.2. The molecule has 3 rings (SSSR count). The lowest BCUT2D eigenvalue weighted by Crippen LogP contribution is -2.28. The zero-order chi connectivity index (χ0) is 18.2. The summed E-state index contributed by atoms with van der Waals surface area (Å²) in [5, 5.41) is 0. The Morgan fingerprint density at radius 2 is 1.23 bits per heavy atom. The van der Waals surface area contributed by atoms with E-state index in [0.717, 1.165) is 35.5 Å². The van der Waals surface area contributed by atoms with Gasteiger partial charge in [-0.15, -0.1) is 0 Å². The molecule has 0 aliphatic heterocycles. The van der Waals surface area contributed by atoms with E-state index < -0.39 is 0 Å². The first-order valence-electron chi connectivity index (χ1n) is 12.5. The van der Waals surface area contributed by atoms with Crippen molar-refractivity contribution in [1.29, 1.82) is 0 Å². The summed E-state index contributed by atoms with van der Waals surface area (Å²) in [7, 11) is 0. The van der Waals surface area contributed by atoms with Gasteiger partial charge in [-0.3, -0.25) is 0 Å². The molecule has 0 saturated heterocycles. The highest BCUT2D eigenvalue weighted by molar-refractivity contribution is 5.01. The predicted molar refractivity (Wildman–Crippen MR) is 115 cm³/mol. The molecule has 0 amide bonds. The van der Waals surface area contributed by atoms with Crippen molar-refractivity contribution in [2.45, 2.75) is 117 Å². The fourth-order valence-corrected chi connectivity index (χ4v) is 6.59. The molecular weight excluding hydrogens is 312 g/mol. The molecular formula is C26H46. The molecule has 0 spiro atoms. The molecule has 0 heteroatoms. The van der Waals surface area contributed by atoms with E-state index >= 15 is 0 Å². The highest BCUT2D eigenvalue weighted by atomic mass is 14.4. The van der Waals surface area contributed by atoms with Gasteiger partial charge < -0.3 is 0 Å². The van der Waals surface area contributed by atoms with E-state index in [2.05, 4.69) is 26.0 Å². The van der Waals surface area contributed by atoms with Crippen molar-refractivity contribution in [2.75, 3.05) is 0 Å². The van der Waals surface area contributed by atoms with Crippen LogP contribution in [0.25, 0.3) is 0 Å². The number of hydrogen-bond acceptors (Lipinski definition) is 0. The summed E-state index contributed by atoms with van der Waals surface area (Å²) in [6, 6.07) is 0. The predicted octanol–water partition coefficient (Wildman–Crippen LogP) is 8.56. The third-order valence-corrected chi connectivity index (χ3v) is 8.36. The average Bonchev–Trinajstić information content (AvgIpc) is 2.70. The second kappa shape index (κ2) is 10.9. The zero-order valence-corrected chi connectivity index (χ0v) is 17.9. The monoisotopic (exact) mass is 358 g/mol. The number of unbranched alkanes of at least 4 members (excludes halogenated alkanes) is 2. The molecule has 0 heterocycles. The normalized spacial score (nSPS) is 38.4. The summed E-state index contributed by atoms with van der Waals surface area (Å²) >= 11 is 0. The molecule has 2 atom stereocenters. The second-order valence-electron chi connectivity index (χ2n) is 10.1. The van der Waals surface area contributed by atoms with Crippen molar-refractivity contribution in [3.63, 3.8) is 0 Å². The van der Waals surface area contributed by atoms with Crippen LogP contribution < -0.4 is 0 Å². The van der Waals surface area contributed by atoms with Crippen LogP contribution in [0.5, 0.6) is 0 Å². The second-order valence-corrected chi connectivity index (χ2v) is 10.1. The maximum atomic E-state index is 2.65. The third-order valence-electron chi connectivity index (χ3n) is 8.36. The lowest BCUT2D eigenvalue weighted by Gasteiger charge is -2.40. The van der Waals surface area contributed by atoms with Crippen LogP contribution in [-0.4, -0.2) is 0 Å². The van der Waals surface area contributed by atoms with E-state index in [9.17, 15) is 0 Å². The minimum Gasteiger partial charge on any atom is -0.0851 e. The Kier molecular flexibility index (Phi) is 8.60. The van der Waals surface area contributed by atoms with E-state index in [1.165, 1.54) is 64.2 Å². The summed E-state index contributed by atoms with van der Waals surface area (Å²) in [6.45, 7) is 4.68. The van der Waals surface area contributed by atoms with Gasteiger partial charge in [0.15, 0.2) is 0 Å². The Bertz CT molecular complexity index is 392. The summed E-state index contributed by atoms with van der Waals surface area (Å²) in [5.41, 5.74) is 0. The maximum absolute atomic E-state index is 2.65. The molecule has 26 heavy (non-hydrogen) atoms. The fourth-order valence-electron chi connectivity index (χ4n) is 6.59. The Morgan fingerprint density at radius 3 is 1.81 bits per heavy atom. The van der Waals surface area contributed by atoms with Crippen LogP contribution in [0.15, 0.2) is 12.2 Å². The average molecular weight is 359 g/mol. The molecule has 3 aliphatic rings. The minimum absolute atomic E-state index is 0.910. The van der Waals surface area contributed by atoms with Gasteiger partial charge in [0.05, 0.1) is 0 Å². The Balaban J connectivity index is 1.36. The van der Waals surface area contributed by atoms with Crippen molar-refractivity contribution < 1.29 is 0 Å². The smallest absolute Gasteiger partial charge is 0.0205 e. The topological polar surface area (TPSA) is 0 Å². The van der Waals surface area contributed by atoms with Crippen LogP contribution in [0.1, 0.15) is 117 Å². The molecule has 0 radical (unpaired) electrons. The fraction of sp³-hybridized carbons (Fsp3) is 0.923. The first kappa shape index (κ1) is 20.5. The van der Waals surface area contributed by atoms with E-state index in [-0.39, 0.29) is 0 Å². The van der Waals surface area contributed by atoms with Crippen molar-refractivity contribution in [1.82, 2.24) is 0 Å². The van der Waals surface area contributed by atoms with Gasteiger partial charge in [0.2, 0.25) is 0 Å². The standard InChI is InChI=1S/C26H46/c1-3-5-6-8-22-11-15-24(16-12-22)26-19-17-25(18-20-26)23-13-9-21(7-4-2)10-14-23/h11,15,21-26H,3-10,12-14,16-20H2,1-2H3/t21-,22?,23-,24?,25?,26?. The molecule has 0 aromatic carbocycles. The number of hydrogen-bond donors (Lipinski definition) is 0. The van der Waals surface area contributed by atoms with Crippen molar-refractivity contribution in [3.8, 4) is 0 Å². The number of rotatable bonds is 8. The molecule has 0 nitrogen and oxygen atoms in total. The van der Waals surface area contributed by atoms with Crippen molar-refractivity contribution in [2.24, 2.45) is 35.5 Å². The highest BCUT2D eigenvalue weighted by Gasteiger charge is 2.33. The van der Waals surface area contributed by atoms with Gasteiger partial charge >= 0.3 is 0 Å². The van der Waals surface area contributed by atoms with E-state index in [4.69, 9.17) is 0 Å². The Hall–Kier alpha value is -0.260. The van der Waals surface area contributed by atoms with Gasteiger partial charge in [-0.25, -0.2) is 0 Å². The molecule has 0 aromatic heterocycles. The van der Waals surface area contributed by atoms with Gasteiger partial charge in [0, 0.05) is 0 Å². The van der Waals surface area contributed by atoms with Gasteiger partial charge in [0.25, 0.3) is 0 Å². The lowest BCUT2D eigenvalue weighted by atomic mass is 9.66.